The Kier molecular flexibility index (Phi) is 12.6. The first-order valence-electron chi connectivity index (χ1n) is 14.6. The van der Waals surface area contributed by atoms with Crippen LogP contribution in [0.3, 0.4) is 0 Å². The first-order chi connectivity index (χ1) is 18.2. The molecule has 2 rings (SSSR count). The molecule has 5 heteroatoms. The summed E-state index contributed by atoms with van der Waals surface area (Å²) < 4.78 is 18.1. The van der Waals surface area contributed by atoms with E-state index < -0.39 is 11.2 Å². The van der Waals surface area contributed by atoms with Gasteiger partial charge in [0, 0.05) is 19.4 Å². The number of carbonyl (C=O) groups is 2. The molecule has 0 saturated carbocycles. The van der Waals surface area contributed by atoms with E-state index in [9.17, 15) is 9.59 Å². The first-order valence-corrected chi connectivity index (χ1v) is 14.6. The molecule has 0 spiro atoms. The van der Waals surface area contributed by atoms with Crippen LogP contribution in [0.15, 0.2) is 54.1 Å². The van der Waals surface area contributed by atoms with Gasteiger partial charge < -0.3 is 14.2 Å². The van der Waals surface area contributed by atoms with Crippen LogP contribution in [-0.4, -0.2) is 41.8 Å². The topological polar surface area (TPSA) is 61.8 Å². The SMILES string of the molecule is CC1C=CC=C(CC(=O)OC(C)(C)CCOC(C)(C)C(C)CCCCOC(C)(C)C(=O)Cc2ccccc2)C1. The van der Waals surface area contributed by atoms with Crippen LogP contribution in [0.4, 0.5) is 0 Å². The van der Waals surface area contributed by atoms with E-state index in [4.69, 9.17) is 14.2 Å². The summed E-state index contributed by atoms with van der Waals surface area (Å²) in [4.78, 5) is 25.2. The van der Waals surface area contributed by atoms with Crippen LogP contribution in [0.25, 0.3) is 0 Å². The fraction of sp³-hybridized carbons (Fsp3) is 0.647. The molecular formula is C34H52O5. The molecule has 1 aliphatic carbocycles. The fourth-order valence-electron chi connectivity index (χ4n) is 4.65. The van der Waals surface area contributed by atoms with Crippen molar-refractivity contribution in [2.24, 2.45) is 11.8 Å². The maximum atomic E-state index is 12.7. The second-order valence-corrected chi connectivity index (χ2v) is 12.8. The van der Waals surface area contributed by atoms with E-state index >= 15 is 0 Å². The van der Waals surface area contributed by atoms with Crippen molar-refractivity contribution in [2.75, 3.05) is 13.2 Å². The van der Waals surface area contributed by atoms with Crippen LogP contribution in [0.5, 0.6) is 0 Å². The number of rotatable bonds is 17. The fourth-order valence-corrected chi connectivity index (χ4v) is 4.65. The summed E-state index contributed by atoms with van der Waals surface area (Å²) in [6.07, 6.45) is 11.4. The summed E-state index contributed by atoms with van der Waals surface area (Å²) in [5.41, 5.74) is 0.491. The van der Waals surface area contributed by atoms with Crippen LogP contribution < -0.4 is 0 Å². The normalized spacial score (nSPS) is 17.0. The minimum atomic E-state index is -0.789. The minimum absolute atomic E-state index is 0.100. The molecular weight excluding hydrogens is 488 g/mol. The summed E-state index contributed by atoms with van der Waals surface area (Å²) in [6.45, 7) is 17.3. The Morgan fingerprint density at radius 3 is 2.31 bits per heavy atom. The third kappa shape index (κ3) is 12.2. The van der Waals surface area contributed by atoms with Gasteiger partial charge in [-0.3, -0.25) is 9.59 Å². The summed E-state index contributed by atoms with van der Waals surface area (Å²) in [5, 5.41) is 0. The third-order valence-electron chi connectivity index (χ3n) is 7.86. The van der Waals surface area contributed by atoms with Crippen molar-refractivity contribution in [2.45, 2.75) is 117 Å². The molecule has 0 fully saturated rings. The highest BCUT2D eigenvalue weighted by Crippen LogP contribution is 2.28. The maximum Gasteiger partial charge on any atom is 0.310 e. The highest BCUT2D eigenvalue weighted by molar-refractivity contribution is 5.88. The van der Waals surface area contributed by atoms with Crippen molar-refractivity contribution >= 4 is 11.8 Å². The number of carbonyl (C=O) groups excluding carboxylic acids is 2. The highest BCUT2D eigenvalue weighted by atomic mass is 16.6. The van der Waals surface area contributed by atoms with Gasteiger partial charge in [-0.2, -0.15) is 0 Å². The molecule has 0 saturated heterocycles. The highest BCUT2D eigenvalue weighted by Gasteiger charge is 2.30. The molecule has 2 unspecified atom stereocenters. The van der Waals surface area contributed by atoms with Gasteiger partial charge >= 0.3 is 5.97 Å². The molecule has 0 amide bonds. The van der Waals surface area contributed by atoms with Gasteiger partial charge in [-0.15, -0.1) is 0 Å². The molecule has 0 aliphatic heterocycles. The van der Waals surface area contributed by atoms with Crippen molar-refractivity contribution in [3.8, 4) is 0 Å². The Bertz CT molecular complexity index is 971. The molecule has 1 aromatic carbocycles. The minimum Gasteiger partial charge on any atom is -0.459 e. The van der Waals surface area contributed by atoms with E-state index in [1.807, 2.05) is 70.2 Å². The first kappa shape index (κ1) is 33.0. The van der Waals surface area contributed by atoms with Crippen LogP contribution in [-0.2, 0) is 30.2 Å². The smallest absolute Gasteiger partial charge is 0.310 e. The van der Waals surface area contributed by atoms with E-state index in [0.29, 0.717) is 44.3 Å². The molecule has 1 aliphatic rings. The lowest BCUT2D eigenvalue weighted by Crippen LogP contribution is -2.37. The Morgan fingerprint density at radius 2 is 1.64 bits per heavy atom. The summed E-state index contributed by atoms with van der Waals surface area (Å²) in [5.74, 6) is 0.748. The van der Waals surface area contributed by atoms with E-state index in [-0.39, 0.29) is 17.4 Å². The Morgan fingerprint density at radius 1 is 0.949 bits per heavy atom. The van der Waals surface area contributed by atoms with Gasteiger partial charge in [0.2, 0.25) is 0 Å². The van der Waals surface area contributed by atoms with Crippen molar-refractivity contribution in [1.82, 2.24) is 0 Å². The van der Waals surface area contributed by atoms with Gasteiger partial charge in [0.15, 0.2) is 5.78 Å². The average molecular weight is 541 g/mol. The Hall–Kier alpha value is -2.24. The number of hydrogen-bond acceptors (Lipinski definition) is 5. The van der Waals surface area contributed by atoms with Gasteiger partial charge in [0.25, 0.3) is 0 Å². The Balaban J connectivity index is 1.65. The number of ketones is 1. The van der Waals surface area contributed by atoms with Crippen molar-refractivity contribution in [3.05, 3.63) is 59.7 Å². The second-order valence-electron chi connectivity index (χ2n) is 12.8. The second kappa shape index (κ2) is 14.9. The van der Waals surface area contributed by atoms with Gasteiger partial charge in [0.1, 0.15) is 11.2 Å². The van der Waals surface area contributed by atoms with Crippen LogP contribution in [0, 0.1) is 11.8 Å². The number of Topliss-reactive ketones (excluding diaryl/α,β-unsaturated/α-hetero) is 1. The molecule has 218 valence electrons. The zero-order chi connectivity index (χ0) is 29.1. The molecule has 0 radical (unpaired) electrons. The Labute approximate surface area is 237 Å². The zero-order valence-electron chi connectivity index (χ0n) is 25.7. The predicted molar refractivity (Wildman–Crippen MR) is 159 cm³/mol. The molecule has 1 aromatic rings. The number of benzene rings is 1. The number of ether oxygens (including phenoxy) is 3. The van der Waals surface area contributed by atoms with Crippen molar-refractivity contribution in [3.63, 3.8) is 0 Å². The molecule has 0 bridgehead atoms. The third-order valence-corrected chi connectivity index (χ3v) is 7.86. The van der Waals surface area contributed by atoms with Crippen LogP contribution >= 0.6 is 0 Å². The van der Waals surface area contributed by atoms with Gasteiger partial charge in [-0.1, -0.05) is 74.4 Å². The average Bonchev–Trinajstić information content (AvgIpc) is 2.83. The zero-order valence-corrected chi connectivity index (χ0v) is 25.7. The molecule has 39 heavy (non-hydrogen) atoms. The maximum absolute atomic E-state index is 12.7. The standard InChI is InChI=1S/C34H52O5/c1-26-15-14-19-29(23-26)25-31(36)39-32(3,4)20-22-38-33(5,6)27(2)16-12-13-21-37-34(7,8)30(35)24-28-17-10-9-11-18-28/h9-11,14-15,17-19,26-27H,12-13,16,20-25H2,1-8H3. The number of esters is 1. The summed E-state index contributed by atoms with van der Waals surface area (Å²) >= 11 is 0. The van der Waals surface area contributed by atoms with Crippen molar-refractivity contribution in [1.29, 1.82) is 0 Å². The quantitative estimate of drug-likeness (QED) is 0.149. The van der Waals surface area contributed by atoms with Crippen LogP contribution in [0.2, 0.25) is 0 Å². The monoisotopic (exact) mass is 540 g/mol. The van der Waals surface area contributed by atoms with Gasteiger partial charge in [-0.25, -0.2) is 0 Å². The lowest BCUT2D eigenvalue weighted by atomic mass is 9.88. The molecule has 0 N–H and O–H groups in total. The largest absolute Gasteiger partial charge is 0.459 e. The van der Waals surface area contributed by atoms with E-state index in [1.54, 1.807) is 0 Å². The lowest BCUT2D eigenvalue weighted by Gasteiger charge is -2.34. The van der Waals surface area contributed by atoms with Gasteiger partial charge in [0.05, 0.1) is 18.6 Å². The number of unbranched alkanes of at least 4 members (excludes halogenated alkanes) is 1. The van der Waals surface area contributed by atoms with E-state index in [2.05, 4.69) is 33.8 Å². The summed E-state index contributed by atoms with van der Waals surface area (Å²) in [6, 6.07) is 9.81. The molecule has 0 aromatic heterocycles. The van der Waals surface area contributed by atoms with Crippen LogP contribution in [0.1, 0.15) is 99.5 Å². The van der Waals surface area contributed by atoms with Gasteiger partial charge in [-0.05, 0) is 78.2 Å². The molecule has 0 heterocycles. The van der Waals surface area contributed by atoms with E-state index in [1.165, 1.54) is 0 Å². The van der Waals surface area contributed by atoms with E-state index in [0.717, 1.165) is 36.8 Å². The predicted octanol–water partition coefficient (Wildman–Crippen LogP) is 7.82. The lowest BCUT2D eigenvalue weighted by molar-refractivity contribution is -0.159. The van der Waals surface area contributed by atoms with Crippen molar-refractivity contribution < 1.29 is 23.8 Å². The number of hydrogen-bond donors (Lipinski definition) is 0. The number of allylic oxidation sites excluding steroid dienone is 3. The molecule has 5 nitrogen and oxygen atoms in total. The molecule has 2 atom stereocenters. The summed E-state index contributed by atoms with van der Waals surface area (Å²) in [7, 11) is 0.